The van der Waals surface area contributed by atoms with E-state index in [1.807, 2.05) is 26.0 Å². The number of hydrogen-bond acceptors (Lipinski definition) is 4. The molecule has 0 saturated carbocycles. The predicted octanol–water partition coefficient (Wildman–Crippen LogP) is 3.52. The van der Waals surface area contributed by atoms with Crippen molar-refractivity contribution in [2.45, 2.75) is 32.5 Å². The second-order valence-electron chi connectivity index (χ2n) is 5.98. The fraction of sp³-hybridized carbons (Fsp3) is 0.316. The monoisotopic (exact) mass is 346 g/mol. The zero-order valence-corrected chi connectivity index (χ0v) is 14.6. The molecule has 24 heavy (non-hydrogen) atoms. The highest BCUT2D eigenvalue weighted by molar-refractivity contribution is 6.31. The van der Waals surface area contributed by atoms with Crippen LogP contribution in [0.15, 0.2) is 36.4 Å². The number of aryl methyl sites for hydroxylation is 2. The van der Waals surface area contributed by atoms with Crippen LogP contribution < -0.4 is 4.74 Å². The van der Waals surface area contributed by atoms with Crippen LogP contribution in [0.4, 0.5) is 0 Å². The SMILES string of the molecule is CCOC(=O)[C@@H]1Oc2cc(C)c(Cl)cc2[C@@]1(O)c1ccc(C)cc1. The van der Waals surface area contributed by atoms with Crippen molar-refractivity contribution in [3.63, 3.8) is 0 Å². The summed E-state index contributed by atoms with van der Waals surface area (Å²) in [6, 6.07) is 10.7. The van der Waals surface area contributed by atoms with Crippen LogP contribution in [-0.4, -0.2) is 23.8 Å². The van der Waals surface area contributed by atoms with Gasteiger partial charge >= 0.3 is 5.97 Å². The summed E-state index contributed by atoms with van der Waals surface area (Å²) < 4.78 is 10.9. The van der Waals surface area contributed by atoms with Gasteiger partial charge < -0.3 is 14.6 Å². The Morgan fingerprint density at radius 2 is 1.96 bits per heavy atom. The summed E-state index contributed by atoms with van der Waals surface area (Å²) in [5.74, 6) is -0.163. The second-order valence-corrected chi connectivity index (χ2v) is 6.39. The molecule has 0 aromatic heterocycles. The first kappa shape index (κ1) is 16.8. The molecule has 5 heteroatoms. The first-order valence-corrected chi connectivity index (χ1v) is 8.19. The van der Waals surface area contributed by atoms with Crippen molar-refractivity contribution < 1.29 is 19.4 Å². The number of carbonyl (C=O) groups excluding carboxylic acids is 1. The van der Waals surface area contributed by atoms with Gasteiger partial charge in [-0.15, -0.1) is 0 Å². The van der Waals surface area contributed by atoms with Crippen molar-refractivity contribution in [3.8, 4) is 5.75 Å². The molecule has 3 rings (SSSR count). The largest absolute Gasteiger partial charge is 0.474 e. The number of fused-ring (bicyclic) bond motifs is 1. The molecule has 2 aromatic carbocycles. The lowest BCUT2D eigenvalue weighted by Gasteiger charge is -2.28. The molecule has 0 saturated heterocycles. The van der Waals surface area contributed by atoms with Gasteiger partial charge in [0.05, 0.1) is 6.61 Å². The molecule has 0 amide bonds. The van der Waals surface area contributed by atoms with Crippen molar-refractivity contribution in [1.82, 2.24) is 0 Å². The summed E-state index contributed by atoms with van der Waals surface area (Å²) in [6.45, 7) is 5.72. The van der Waals surface area contributed by atoms with E-state index in [1.54, 1.807) is 31.2 Å². The van der Waals surface area contributed by atoms with Gasteiger partial charge in [0.2, 0.25) is 6.10 Å². The Labute approximate surface area is 146 Å². The zero-order chi connectivity index (χ0) is 17.5. The Balaban J connectivity index is 2.19. The van der Waals surface area contributed by atoms with E-state index in [0.29, 0.717) is 21.9 Å². The topological polar surface area (TPSA) is 55.8 Å². The molecule has 2 aromatic rings. The van der Waals surface area contributed by atoms with E-state index in [4.69, 9.17) is 21.1 Å². The molecule has 0 aliphatic carbocycles. The number of hydrogen-bond donors (Lipinski definition) is 1. The molecule has 0 radical (unpaired) electrons. The van der Waals surface area contributed by atoms with E-state index in [1.165, 1.54) is 0 Å². The Morgan fingerprint density at radius 1 is 1.29 bits per heavy atom. The molecular weight excluding hydrogens is 328 g/mol. The third-order valence-corrected chi connectivity index (χ3v) is 4.70. The van der Waals surface area contributed by atoms with Crippen LogP contribution in [0.1, 0.15) is 29.2 Å². The van der Waals surface area contributed by atoms with Crippen molar-refractivity contribution in [2.75, 3.05) is 6.61 Å². The van der Waals surface area contributed by atoms with Crippen LogP contribution in [-0.2, 0) is 15.1 Å². The third-order valence-electron chi connectivity index (χ3n) is 4.29. The van der Waals surface area contributed by atoms with Crippen molar-refractivity contribution in [3.05, 3.63) is 63.7 Å². The lowest BCUT2D eigenvalue weighted by atomic mass is 9.82. The summed E-state index contributed by atoms with van der Waals surface area (Å²) >= 11 is 6.24. The number of benzene rings is 2. The minimum Gasteiger partial charge on any atom is -0.474 e. The van der Waals surface area contributed by atoms with Gasteiger partial charge in [-0.1, -0.05) is 41.4 Å². The van der Waals surface area contributed by atoms with E-state index in [-0.39, 0.29) is 6.61 Å². The molecule has 126 valence electrons. The summed E-state index contributed by atoms with van der Waals surface area (Å²) in [5, 5.41) is 12.0. The van der Waals surface area contributed by atoms with Gasteiger partial charge in [0.15, 0.2) is 5.60 Å². The molecule has 4 nitrogen and oxygen atoms in total. The smallest absolute Gasteiger partial charge is 0.351 e. The number of halogens is 1. The van der Waals surface area contributed by atoms with Gasteiger partial charge in [-0.25, -0.2) is 4.79 Å². The van der Waals surface area contributed by atoms with E-state index in [0.717, 1.165) is 11.1 Å². The van der Waals surface area contributed by atoms with Crippen LogP contribution in [0.25, 0.3) is 0 Å². The highest BCUT2D eigenvalue weighted by atomic mass is 35.5. The molecule has 1 aliphatic heterocycles. The number of aliphatic hydroxyl groups is 1. The summed E-state index contributed by atoms with van der Waals surface area (Å²) in [5.41, 5.74) is 1.25. The highest BCUT2D eigenvalue weighted by Crippen LogP contribution is 2.47. The molecule has 0 bridgehead atoms. The van der Waals surface area contributed by atoms with Crippen LogP contribution >= 0.6 is 11.6 Å². The number of rotatable bonds is 3. The minimum absolute atomic E-state index is 0.207. The zero-order valence-electron chi connectivity index (χ0n) is 13.8. The summed E-state index contributed by atoms with van der Waals surface area (Å²) in [6.07, 6.45) is -1.17. The van der Waals surface area contributed by atoms with Gasteiger partial charge in [0.25, 0.3) is 0 Å². The Hall–Kier alpha value is -2.04. The second kappa shape index (κ2) is 6.11. The third kappa shape index (κ3) is 2.56. The van der Waals surface area contributed by atoms with Crippen molar-refractivity contribution in [1.29, 1.82) is 0 Å². The maximum Gasteiger partial charge on any atom is 0.351 e. The van der Waals surface area contributed by atoms with Gasteiger partial charge in [0.1, 0.15) is 5.75 Å². The van der Waals surface area contributed by atoms with Crippen LogP contribution in [0.3, 0.4) is 0 Å². The lowest BCUT2D eigenvalue weighted by molar-refractivity contribution is -0.159. The predicted molar refractivity (Wildman–Crippen MR) is 91.4 cm³/mol. The van der Waals surface area contributed by atoms with Gasteiger partial charge in [-0.2, -0.15) is 0 Å². The number of carbonyl (C=O) groups is 1. The molecule has 2 atom stereocenters. The maximum absolute atomic E-state index is 12.4. The van der Waals surface area contributed by atoms with E-state index >= 15 is 0 Å². The fourth-order valence-electron chi connectivity index (χ4n) is 2.96. The average Bonchev–Trinajstić information content (AvgIpc) is 2.83. The van der Waals surface area contributed by atoms with Gasteiger partial charge in [-0.3, -0.25) is 0 Å². The van der Waals surface area contributed by atoms with Crippen LogP contribution in [0.5, 0.6) is 5.75 Å². The van der Waals surface area contributed by atoms with E-state index in [9.17, 15) is 9.90 Å². The lowest BCUT2D eigenvalue weighted by Crippen LogP contribution is -2.45. The Bertz CT molecular complexity index is 785. The molecule has 0 spiro atoms. The maximum atomic E-state index is 12.4. The normalized spacial score (nSPS) is 22.0. The fourth-order valence-corrected chi connectivity index (χ4v) is 3.12. The summed E-state index contributed by atoms with van der Waals surface area (Å²) in [7, 11) is 0. The first-order valence-electron chi connectivity index (χ1n) is 7.81. The standard InChI is InChI=1S/C19H19ClO4/c1-4-23-18(21)17-19(22,13-7-5-11(2)6-8-13)14-10-15(20)12(3)9-16(14)24-17/h5-10,17,22H,4H2,1-3H3/t17-,19-/m0/s1. The average molecular weight is 347 g/mol. The molecular formula is C19H19ClO4. The number of ether oxygens (including phenoxy) is 2. The van der Waals surface area contributed by atoms with E-state index in [2.05, 4.69) is 0 Å². The highest BCUT2D eigenvalue weighted by Gasteiger charge is 2.54. The minimum atomic E-state index is -1.65. The van der Waals surface area contributed by atoms with Crippen molar-refractivity contribution >= 4 is 17.6 Å². The molecule has 0 fully saturated rings. The summed E-state index contributed by atoms with van der Waals surface area (Å²) in [4.78, 5) is 12.4. The molecule has 1 N–H and O–H groups in total. The Kier molecular flexibility index (Phi) is 4.28. The first-order chi connectivity index (χ1) is 11.4. The molecule has 0 unspecified atom stereocenters. The Morgan fingerprint density at radius 3 is 2.58 bits per heavy atom. The number of esters is 1. The quantitative estimate of drug-likeness (QED) is 0.864. The molecule has 1 heterocycles. The van der Waals surface area contributed by atoms with E-state index < -0.39 is 17.7 Å². The van der Waals surface area contributed by atoms with Crippen LogP contribution in [0, 0.1) is 13.8 Å². The van der Waals surface area contributed by atoms with Crippen LogP contribution in [0.2, 0.25) is 5.02 Å². The molecule has 1 aliphatic rings. The van der Waals surface area contributed by atoms with Gasteiger partial charge in [0, 0.05) is 10.6 Å². The van der Waals surface area contributed by atoms with Gasteiger partial charge in [-0.05, 0) is 44.0 Å². The van der Waals surface area contributed by atoms with Crippen molar-refractivity contribution in [2.24, 2.45) is 0 Å².